The Balaban J connectivity index is 2.59. The van der Waals surface area contributed by atoms with Gasteiger partial charge in [-0.3, -0.25) is 4.79 Å². The third-order valence-electron chi connectivity index (χ3n) is 2.16. The normalized spacial score (nSPS) is 12.3. The van der Waals surface area contributed by atoms with Crippen molar-refractivity contribution in [2.45, 2.75) is 20.0 Å². The van der Waals surface area contributed by atoms with E-state index >= 15 is 0 Å². The summed E-state index contributed by atoms with van der Waals surface area (Å²) < 4.78 is 5.24. The van der Waals surface area contributed by atoms with Crippen LogP contribution in [-0.2, 0) is 4.79 Å². The molecule has 1 aromatic heterocycles. The second-order valence-corrected chi connectivity index (χ2v) is 4.17. The summed E-state index contributed by atoms with van der Waals surface area (Å²) >= 11 is 0. The first-order valence-corrected chi connectivity index (χ1v) is 5.71. The summed E-state index contributed by atoms with van der Waals surface area (Å²) in [4.78, 5) is 15.5. The molecule has 0 bridgehead atoms. The first-order valence-electron chi connectivity index (χ1n) is 5.71. The first-order chi connectivity index (χ1) is 8.52. The molecule has 0 aliphatic heterocycles. The minimum atomic E-state index is -0.924. The van der Waals surface area contributed by atoms with Crippen LogP contribution in [0.25, 0.3) is 0 Å². The van der Waals surface area contributed by atoms with Crippen molar-refractivity contribution in [3.05, 3.63) is 18.3 Å². The number of aliphatic hydroxyl groups is 2. The quantitative estimate of drug-likeness (QED) is 0.684. The summed E-state index contributed by atoms with van der Waals surface area (Å²) in [5, 5.41) is 20.4. The summed E-state index contributed by atoms with van der Waals surface area (Å²) in [5.74, 6) is 0.601. The topological polar surface area (TPSA) is 91.7 Å². The van der Waals surface area contributed by atoms with E-state index in [4.69, 9.17) is 14.9 Å². The lowest BCUT2D eigenvalue weighted by atomic mass is 10.2. The molecule has 0 saturated heterocycles. The van der Waals surface area contributed by atoms with Gasteiger partial charge in [0.2, 0.25) is 5.91 Å². The molecule has 1 rings (SSSR count). The number of carbonyl (C=O) groups is 1. The molecule has 0 saturated carbocycles. The largest absolute Gasteiger partial charge is 0.491 e. The van der Waals surface area contributed by atoms with E-state index < -0.39 is 6.10 Å². The standard InChI is InChI=1S/C12H18N2O4/c1-8(2)12(17)14-11-5-10(3-4-13-11)18-7-9(16)6-15/h3-5,8-9,15-16H,6-7H2,1-2H3,(H,13,14,17)/t9-/m0/s1. The molecule has 0 aliphatic rings. The second-order valence-electron chi connectivity index (χ2n) is 4.17. The van der Waals surface area contributed by atoms with Crippen molar-refractivity contribution in [2.24, 2.45) is 5.92 Å². The smallest absolute Gasteiger partial charge is 0.228 e. The zero-order valence-corrected chi connectivity index (χ0v) is 10.5. The summed E-state index contributed by atoms with van der Waals surface area (Å²) in [6.45, 7) is 3.20. The van der Waals surface area contributed by atoms with Crippen LogP contribution in [0.3, 0.4) is 0 Å². The van der Waals surface area contributed by atoms with E-state index in [2.05, 4.69) is 10.3 Å². The summed E-state index contributed by atoms with van der Waals surface area (Å²) in [7, 11) is 0. The van der Waals surface area contributed by atoms with Crippen LogP contribution < -0.4 is 10.1 Å². The van der Waals surface area contributed by atoms with E-state index in [1.54, 1.807) is 26.0 Å². The minimum absolute atomic E-state index is 0.0158. The number of aliphatic hydroxyl groups excluding tert-OH is 2. The lowest BCUT2D eigenvalue weighted by Crippen LogP contribution is -2.21. The van der Waals surface area contributed by atoms with E-state index in [1.165, 1.54) is 6.20 Å². The van der Waals surface area contributed by atoms with E-state index in [0.29, 0.717) is 11.6 Å². The second kappa shape index (κ2) is 6.93. The predicted octanol–water partition coefficient (Wildman–Crippen LogP) is 0.408. The number of pyridine rings is 1. The van der Waals surface area contributed by atoms with Crippen LogP contribution in [0.4, 0.5) is 5.82 Å². The van der Waals surface area contributed by atoms with Crippen LogP contribution in [0.15, 0.2) is 18.3 Å². The number of nitrogens with zero attached hydrogens (tertiary/aromatic N) is 1. The Labute approximate surface area is 106 Å². The number of amides is 1. The lowest BCUT2D eigenvalue weighted by Gasteiger charge is -2.11. The fourth-order valence-corrected chi connectivity index (χ4v) is 1.08. The Morgan fingerprint density at radius 1 is 1.56 bits per heavy atom. The fraction of sp³-hybridized carbons (Fsp3) is 0.500. The minimum Gasteiger partial charge on any atom is -0.491 e. The summed E-state index contributed by atoms with van der Waals surface area (Å²) in [6.07, 6.45) is 0.572. The Bertz CT molecular complexity index is 395. The number of aromatic nitrogens is 1. The number of hydrogen-bond acceptors (Lipinski definition) is 5. The maximum atomic E-state index is 11.5. The van der Waals surface area contributed by atoms with Crippen LogP contribution in [0.5, 0.6) is 5.75 Å². The van der Waals surface area contributed by atoms with Gasteiger partial charge in [0.25, 0.3) is 0 Å². The van der Waals surface area contributed by atoms with Crippen LogP contribution >= 0.6 is 0 Å². The highest BCUT2D eigenvalue weighted by Crippen LogP contribution is 2.15. The molecule has 1 amide bonds. The number of anilines is 1. The van der Waals surface area contributed by atoms with Gasteiger partial charge in [0.05, 0.1) is 6.61 Å². The highest BCUT2D eigenvalue weighted by atomic mass is 16.5. The van der Waals surface area contributed by atoms with Crippen molar-refractivity contribution in [3.63, 3.8) is 0 Å². The van der Waals surface area contributed by atoms with Crippen molar-refractivity contribution in [1.82, 2.24) is 4.98 Å². The molecule has 18 heavy (non-hydrogen) atoms. The molecule has 1 heterocycles. The monoisotopic (exact) mass is 254 g/mol. The first kappa shape index (κ1) is 14.4. The predicted molar refractivity (Wildman–Crippen MR) is 66.3 cm³/mol. The third-order valence-corrected chi connectivity index (χ3v) is 2.16. The molecule has 1 atom stereocenters. The van der Waals surface area contributed by atoms with Crippen LogP contribution in [-0.4, -0.2) is 40.4 Å². The number of nitrogens with one attached hydrogen (secondary N) is 1. The van der Waals surface area contributed by atoms with Crippen molar-refractivity contribution in [1.29, 1.82) is 0 Å². The van der Waals surface area contributed by atoms with Gasteiger partial charge < -0.3 is 20.3 Å². The molecule has 6 heteroatoms. The van der Waals surface area contributed by atoms with Crippen molar-refractivity contribution in [3.8, 4) is 5.75 Å². The summed E-state index contributed by atoms with van der Waals surface area (Å²) in [5.41, 5.74) is 0. The zero-order chi connectivity index (χ0) is 13.5. The Morgan fingerprint density at radius 3 is 2.89 bits per heavy atom. The third kappa shape index (κ3) is 4.68. The molecule has 3 N–H and O–H groups in total. The van der Waals surface area contributed by atoms with E-state index in [0.717, 1.165) is 0 Å². The average molecular weight is 254 g/mol. The number of ether oxygens (including phenoxy) is 1. The SMILES string of the molecule is CC(C)C(=O)Nc1cc(OC[C@@H](O)CO)ccn1. The average Bonchev–Trinajstić information content (AvgIpc) is 2.36. The van der Waals surface area contributed by atoms with Gasteiger partial charge in [0.1, 0.15) is 24.3 Å². The van der Waals surface area contributed by atoms with Crippen LogP contribution in [0.2, 0.25) is 0 Å². The Hall–Kier alpha value is -1.66. The van der Waals surface area contributed by atoms with E-state index in [9.17, 15) is 4.79 Å². The Morgan fingerprint density at radius 2 is 2.28 bits per heavy atom. The van der Waals surface area contributed by atoms with Gasteiger partial charge in [-0.05, 0) is 6.07 Å². The van der Waals surface area contributed by atoms with Gasteiger partial charge in [0, 0.05) is 18.2 Å². The van der Waals surface area contributed by atoms with E-state index in [1.807, 2.05) is 0 Å². The van der Waals surface area contributed by atoms with Crippen LogP contribution in [0, 0.1) is 5.92 Å². The molecule has 6 nitrogen and oxygen atoms in total. The van der Waals surface area contributed by atoms with Gasteiger partial charge >= 0.3 is 0 Å². The van der Waals surface area contributed by atoms with Gasteiger partial charge in [0.15, 0.2) is 0 Å². The molecule has 0 radical (unpaired) electrons. The fourth-order valence-electron chi connectivity index (χ4n) is 1.08. The molecule has 100 valence electrons. The van der Waals surface area contributed by atoms with Crippen molar-refractivity contribution >= 4 is 11.7 Å². The van der Waals surface area contributed by atoms with Gasteiger partial charge in [-0.15, -0.1) is 0 Å². The lowest BCUT2D eigenvalue weighted by molar-refractivity contribution is -0.118. The van der Waals surface area contributed by atoms with Gasteiger partial charge in [-0.25, -0.2) is 4.98 Å². The molecule has 0 spiro atoms. The molecule has 0 aromatic carbocycles. The maximum Gasteiger partial charge on any atom is 0.228 e. The highest BCUT2D eigenvalue weighted by Gasteiger charge is 2.09. The number of hydrogen-bond donors (Lipinski definition) is 3. The van der Waals surface area contributed by atoms with Gasteiger partial charge in [-0.2, -0.15) is 0 Å². The molecule has 0 unspecified atom stereocenters. The van der Waals surface area contributed by atoms with Gasteiger partial charge in [-0.1, -0.05) is 13.8 Å². The number of rotatable bonds is 6. The van der Waals surface area contributed by atoms with Crippen molar-refractivity contribution in [2.75, 3.05) is 18.5 Å². The molecule has 1 aromatic rings. The van der Waals surface area contributed by atoms with E-state index in [-0.39, 0.29) is 25.0 Å². The summed E-state index contributed by atoms with van der Waals surface area (Å²) in [6, 6.07) is 3.17. The molecule has 0 aliphatic carbocycles. The van der Waals surface area contributed by atoms with Crippen molar-refractivity contribution < 1.29 is 19.7 Å². The van der Waals surface area contributed by atoms with Crippen LogP contribution in [0.1, 0.15) is 13.8 Å². The molecule has 0 fully saturated rings. The molecular formula is C12H18N2O4. The zero-order valence-electron chi connectivity index (χ0n) is 10.5. The Kier molecular flexibility index (Phi) is 5.54. The molecular weight excluding hydrogens is 236 g/mol. The number of carbonyl (C=O) groups excluding carboxylic acids is 1. The highest BCUT2D eigenvalue weighted by molar-refractivity contribution is 5.91. The maximum absolute atomic E-state index is 11.5.